The third kappa shape index (κ3) is 17.0. The lowest BCUT2D eigenvalue weighted by molar-refractivity contribution is -0.220. The Morgan fingerprint density at radius 2 is 1.02 bits per heavy atom. The van der Waals surface area contributed by atoms with Gasteiger partial charge in [0, 0.05) is 12.8 Å². The molecule has 0 saturated heterocycles. The van der Waals surface area contributed by atoms with Gasteiger partial charge in [-0.2, -0.15) is 0 Å². The molecule has 260 valence electrons. The molecule has 0 radical (unpaired) electrons. The Balaban J connectivity index is 2.63. The van der Waals surface area contributed by atoms with Gasteiger partial charge in [0.05, 0.1) is 6.61 Å². The average molecular weight is 657 g/mol. The maximum absolute atomic E-state index is 12.6. The number of esters is 2. The number of carbonyl (C=O) groups is 2. The van der Waals surface area contributed by atoms with E-state index in [1.54, 1.807) is 0 Å². The Morgan fingerprint density at radius 1 is 0.614 bits per heavy atom. The number of aliphatic hydroxyl groups is 5. The first-order chi connectivity index (χ1) is 20.9. The van der Waals surface area contributed by atoms with Crippen molar-refractivity contribution in [2.45, 2.75) is 166 Å². The standard InChI is InChI=1S/C30H57O13P/c1-3-5-7-9-11-12-13-15-17-19-24(32)42-22(20-40-23(31)18-16-14-10-8-6-4-2)21-41-44(38,39)43-30-28(36)26(34)25(33)27(35)29(30)37/h22,25-30,33-37H,3-21H2,1-2H3,(H,38,39). The van der Waals surface area contributed by atoms with E-state index >= 15 is 0 Å². The minimum absolute atomic E-state index is 0.101. The van der Waals surface area contributed by atoms with Crippen LogP contribution < -0.4 is 0 Å². The lowest BCUT2D eigenvalue weighted by Crippen LogP contribution is -2.64. The summed E-state index contributed by atoms with van der Waals surface area (Å²) in [7, 11) is -5.08. The highest BCUT2D eigenvalue weighted by Crippen LogP contribution is 2.47. The van der Waals surface area contributed by atoms with Crippen molar-refractivity contribution in [1.82, 2.24) is 0 Å². The van der Waals surface area contributed by atoms with Crippen LogP contribution in [0.25, 0.3) is 0 Å². The molecule has 1 aliphatic rings. The minimum atomic E-state index is -5.08. The second-order valence-corrected chi connectivity index (χ2v) is 13.1. The zero-order valence-electron chi connectivity index (χ0n) is 26.5. The third-order valence-electron chi connectivity index (χ3n) is 7.70. The van der Waals surface area contributed by atoms with Crippen molar-refractivity contribution in [3.63, 3.8) is 0 Å². The molecule has 44 heavy (non-hydrogen) atoms. The predicted molar refractivity (Wildman–Crippen MR) is 161 cm³/mol. The van der Waals surface area contributed by atoms with E-state index in [1.165, 1.54) is 25.7 Å². The molecule has 0 aromatic heterocycles. The summed E-state index contributed by atoms with van der Waals surface area (Å²) < 4.78 is 33.0. The number of phosphoric ester groups is 1. The Labute approximate surface area is 261 Å². The van der Waals surface area contributed by atoms with Gasteiger partial charge >= 0.3 is 19.8 Å². The van der Waals surface area contributed by atoms with Crippen LogP contribution in [0.1, 0.15) is 123 Å². The van der Waals surface area contributed by atoms with Crippen LogP contribution in [-0.2, 0) is 32.7 Å². The van der Waals surface area contributed by atoms with Gasteiger partial charge in [-0.15, -0.1) is 0 Å². The molecular formula is C30H57O13P. The molecule has 0 aromatic rings. The zero-order valence-corrected chi connectivity index (χ0v) is 27.4. The van der Waals surface area contributed by atoms with Crippen LogP contribution in [0.4, 0.5) is 0 Å². The van der Waals surface area contributed by atoms with E-state index in [9.17, 15) is 44.6 Å². The number of hydrogen-bond acceptors (Lipinski definition) is 12. The Hall–Kier alpha value is -1.15. The summed E-state index contributed by atoms with van der Waals surface area (Å²) in [4.78, 5) is 35.0. The van der Waals surface area contributed by atoms with Crippen LogP contribution in [0.5, 0.6) is 0 Å². The number of phosphoric acid groups is 1. The van der Waals surface area contributed by atoms with Gasteiger partial charge in [-0.05, 0) is 12.8 Å². The van der Waals surface area contributed by atoms with E-state index in [1.807, 2.05) is 0 Å². The van der Waals surface area contributed by atoms with Crippen LogP contribution in [-0.4, -0.2) is 98.3 Å². The average Bonchev–Trinajstić information content (AvgIpc) is 2.99. The predicted octanol–water partition coefficient (Wildman–Crippen LogP) is 3.43. The second kappa shape index (κ2) is 23.2. The zero-order chi connectivity index (χ0) is 33.0. The molecule has 1 fully saturated rings. The van der Waals surface area contributed by atoms with Crippen LogP contribution in [0.3, 0.4) is 0 Å². The fourth-order valence-corrected chi connectivity index (χ4v) is 5.90. The molecule has 13 nitrogen and oxygen atoms in total. The van der Waals surface area contributed by atoms with Crippen molar-refractivity contribution in [2.24, 2.45) is 0 Å². The summed E-state index contributed by atoms with van der Waals surface area (Å²) in [6.45, 7) is 3.13. The van der Waals surface area contributed by atoms with Crippen molar-refractivity contribution >= 4 is 19.8 Å². The smallest absolute Gasteiger partial charge is 0.462 e. The van der Waals surface area contributed by atoms with Crippen molar-refractivity contribution in [3.8, 4) is 0 Å². The topological polar surface area (TPSA) is 210 Å². The van der Waals surface area contributed by atoms with Gasteiger partial charge in [-0.3, -0.25) is 18.6 Å². The number of rotatable bonds is 25. The normalized spacial score (nSPS) is 25.7. The number of carbonyl (C=O) groups excluding carboxylic acids is 2. The SMILES string of the molecule is CCCCCCCCCCCC(=O)OC(COC(=O)CCCCCCCC)COP(=O)(O)OC1C(O)C(O)C(O)C(O)C1O. The molecule has 1 aliphatic carbocycles. The van der Waals surface area contributed by atoms with E-state index in [2.05, 4.69) is 13.8 Å². The minimum Gasteiger partial charge on any atom is -0.462 e. The Bertz CT molecular complexity index is 813. The van der Waals surface area contributed by atoms with Crippen LogP contribution in [0.15, 0.2) is 0 Å². The largest absolute Gasteiger partial charge is 0.472 e. The molecule has 0 amide bonds. The van der Waals surface area contributed by atoms with Crippen LogP contribution in [0.2, 0.25) is 0 Å². The molecule has 6 unspecified atom stereocenters. The number of unbranched alkanes of at least 4 members (excludes halogenated alkanes) is 13. The van der Waals surface area contributed by atoms with E-state index in [0.29, 0.717) is 12.8 Å². The molecule has 0 aromatic carbocycles. The Kier molecular flexibility index (Phi) is 21.6. The van der Waals surface area contributed by atoms with E-state index in [0.717, 1.165) is 57.8 Å². The fraction of sp³-hybridized carbons (Fsp3) is 0.933. The monoisotopic (exact) mass is 656 g/mol. The summed E-state index contributed by atoms with van der Waals surface area (Å²) in [6.07, 6.45) is 2.53. The molecule has 0 spiro atoms. The van der Waals surface area contributed by atoms with Crippen molar-refractivity contribution in [2.75, 3.05) is 13.2 Å². The third-order valence-corrected chi connectivity index (χ3v) is 8.68. The summed E-state index contributed by atoms with van der Waals surface area (Å²) in [5.74, 6) is -1.11. The van der Waals surface area contributed by atoms with Gasteiger partial charge in [0.2, 0.25) is 0 Å². The lowest BCUT2D eigenvalue weighted by Gasteiger charge is -2.41. The molecule has 0 heterocycles. The second-order valence-electron chi connectivity index (χ2n) is 11.7. The molecule has 1 rings (SSSR count). The summed E-state index contributed by atoms with van der Waals surface area (Å²) in [5, 5.41) is 49.6. The van der Waals surface area contributed by atoms with Crippen molar-refractivity contribution in [3.05, 3.63) is 0 Å². The van der Waals surface area contributed by atoms with Gasteiger partial charge in [-0.25, -0.2) is 4.57 Å². The van der Waals surface area contributed by atoms with Crippen molar-refractivity contribution in [1.29, 1.82) is 0 Å². The molecule has 14 heteroatoms. The van der Waals surface area contributed by atoms with Crippen LogP contribution in [0, 0.1) is 0 Å². The summed E-state index contributed by atoms with van der Waals surface area (Å²) >= 11 is 0. The number of aliphatic hydroxyl groups excluding tert-OH is 5. The molecule has 1 saturated carbocycles. The van der Waals surface area contributed by atoms with E-state index in [-0.39, 0.29) is 12.8 Å². The molecule has 6 atom stereocenters. The molecular weight excluding hydrogens is 599 g/mol. The highest BCUT2D eigenvalue weighted by atomic mass is 31.2. The molecule has 0 bridgehead atoms. The van der Waals surface area contributed by atoms with Gasteiger partial charge in [0.1, 0.15) is 43.2 Å². The van der Waals surface area contributed by atoms with Gasteiger partial charge < -0.3 is 39.9 Å². The molecule has 6 N–H and O–H groups in total. The number of ether oxygens (including phenoxy) is 2. The summed E-state index contributed by atoms with van der Waals surface area (Å²) in [6, 6.07) is 0. The Morgan fingerprint density at radius 3 is 1.50 bits per heavy atom. The van der Waals surface area contributed by atoms with Gasteiger partial charge in [0.15, 0.2) is 6.10 Å². The lowest BCUT2D eigenvalue weighted by atomic mass is 9.85. The molecule has 0 aliphatic heterocycles. The summed E-state index contributed by atoms with van der Waals surface area (Å²) in [5.41, 5.74) is 0. The highest BCUT2D eigenvalue weighted by Gasteiger charge is 2.51. The first kappa shape index (κ1) is 40.9. The van der Waals surface area contributed by atoms with Crippen molar-refractivity contribution < 1.29 is 63.1 Å². The van der Waals surface area contributed by atoms with E-state index in [4.69, 9.17) is 18.5 Å². The first-order valence-corrected chi connectivity index (χ1v) is 17.8. The highest BCUT2D eigenvalue weighted by molar-refractivity contribution is 7.47. The quantitative estimate of drug-likeness (QED) is 0.0473. The maximum atomic E-state index is 12.6. The van der Waals surface area contributed by atoms with Crippen LogP contribution >= 0.6 is 7.82 Å². The first-order valence-electron chi connectivity index (χ1n) is 16.3. The van der Waals surface area contributed by atoms with Gasteiger partial charge in [0.25, 0.3) is 0 Å². The van der Waals surface area contributed by atoms with Gasteiger partial charge in [-0.1, -0.05) is 97.3 Å². The fourth-order valence-electron chi connectivity index (χ4n) is 4.93. The maximum Gasteiger partial charge on any atom is 0.472 e. The van der Waals surface area contributed by atoms with E-state index < -0.39 is 75.7 Å². The number of hydrogen-bond donors (Lipinski definition) is 6.